The lowest BCUT2D eigenvalue weighted by atomic mass is 10.3. The van der Waals surface area contributed by atoms with Crippen LogP contribution in [-0.4, -0.2) is 43.7 Å². The van der Waals surface area contributed by atoms with Crippen molar-refractivity contribution < 1.29 is 31.9 Å². The number of rotatable bonds is 6. The summed E-state index contributed by atoms with van der Waals surface area (Å²) in [6, 6.07) is 2.53. The molecular weight excluding hydrogens is 381 g/mol. The Kier molecular flexibility index (Phi) is 6.32. The molecule has 1 N–H and O–H groups in total. The fourth-order valence-corrected chi connectivity index (χ4v) is 2.57. The van der Waals surface area contributed by atoms with E-state index in [0.717, 1.165) is 19.4 Å². The van der Waals surface area contributed by atoms with Crippen LogP contribution < -0.4 is 15.5 Å². The Balaban J connectivity index is 1.55. The zero-order valence-electron chi connectivity index (χ0n) is 14.7. The first-order valence-electron chi connectivity index (χ1n) is 8.41. The Bertz CT molecular complexity index is 889. The maximum absolute atomic E-state index is 13.1. The van der Waals surface area contributed by atoms with E-state index in [9.17, 15) is 22.8 Å². The Morgan fingerprint density at radius 2 is 1.82 bits per heavy atom. The number of nitrogens with one attached hydrogen (secondary N) is 1. The van der Waals surface area contributed by atoms with E-state index in [1.165, 1.54) is 6.07 Å². The second-order valence-corrected chi connectivity index (χ2v) is 6.05. The van der Waals surface area contributed by atoms with E-state index in [1.807, 2.05) is 0 Å². The molecule has 1 aromatic carbocycles. The lowest BCUT2D eigenvalue weighted by molar-refractivity contribution is -0.118. The largest absolute Gasteiger partial charge is 0.477 e. The van der Waals surface area contributed by atoms with Gasteiger partial charge in [-0.2, -0.15) is 0 Å². The summed E-state index contributed by atoms with van der Waals surface area (Å²) in [5.41, 5.74) is -0.751. The minimum Gasteiger partial charge on any atom is -0.477 e. The number of hydrogen-bond acceptors (Lipinski definition) is 6. The van der Waals surface area contributed by atoms with E-state index in [0.29, 0.717) is 37.7 Å². The summed E-state index contributed by atoms with van der Waals surface area (Å²) >= 11 is 0. The summed E-state index contributed by atoms with van der Waals surface area (Å²) in [5, 5.41) is 2.14. The van der Waals surface area contributed by atoms with E-state index < -0.39 is 35.4 Å². The van der Waals surface area contributed by atoms with Crippen LogP contribution in [0.4, 0.5) is 18.9 Å². The number of halogens is 3. The highest BCUT2D eigenvalue weighted by Crippen LogP contribution is 2.17. The summed E-state index contributed by atoms with van der Waals surface area (Å²) in [5.74, 6) is -5.04. The van der Waals surface area contributed by atoms with E-state index in [2.05, 4.69) is 10.2 Å². The van der Waals surface area contributed by atoms with Crippen LogP contribution in [0.3, 0.4) is 0 Å². The van der Waals surface area contributed by atoms with Gasteiger partial charge in [0, 0.05) is 37.0 Å². The predicted molar refractivity (Wildman–Crippen MR) is 91.5 cm³/mol. The molecular formula is C18H17F3N2O5. The number of anilines is 1. The van der Waals surface area contributed by atoms with Gasteiger partial charge >= 0.3 is 0 Å². The van der Waals surface area contributed by atoms with E-state index in [4.69, 9.17) is 13.9 Å². The standard InChI is InChI=1S/C18H17F3N2O5/c19-13-5-11(6-14(20)18(13)21)22-17(25)10-28-16-9-27-12(7-15(16)24)8-23-1-3-26-4-2-23/h5-7,9H,1-4,8,10H2,(H,22,25). The molecule has 0 spiro atoms. The average Bonchev–Trinajstić information content (AvgIpc) is 2.66. The van der Waals surface area contributed by atoms with Crippen LogP contribution in [0.2, 0.25) is 0 Å². The Morgan fingerprint density at radius 1 is 1.14 bits per heavy atom. The molecule has 0 aliphatic carbocycles. The van der Waals surface area contributed by atoms with Gasteiger partial charge in [0.05, 0.1) is 19.8 Å². The van der Waals surface area contributed by atoms with Crippen LogP contribution in [0.15, 0.2) is 33.7 Å². The molecule has 0 bridgehead atoms. The molecule has 2 aromatic rings. The summed E-state index contributed by atoms with van der Waals surface area (Å²) in [4.78, 5) is 26.0. The minimum absolute atomic E-state index is 0.183. The summed E-state index contributed by atoms with van der Waals surface area (Å²) in [6.45, 7) is 2.53. The molecule has 0 atom stereocenters. The number of morpholine rings is 1. The third-order valence-electron chi connectivity index (χ3n) is 3.96. The van der Waals surface area contributed by atoms with Gasteiger partial charge in [0.25, 0.3) is 5.91 Å². The van der Waals surface area contributed by atoms with Crippen molar-refractivity contribution in [2.24, 2.45) is 0 Å². The van der Waals surface area contributed by atoms with Gasteiger partial charge in [0.2, 0.25) is 11.2 Å². The molecule has 1 aromatic heterocycles. The normalized spacial score (nSPS) is 14.7. The molecule has 1 aliphatic heterocycles. The maximum Gasteiger partial charge on any atom is 0.262 e. The molecule has 7 nitrogen and oxygen atoms in total. The summed E-state index contributed by atoms with van der Waals surface area (Å²) < 4.78 is 54.9. The molecule has 3 rings (SSSR count). The molecule has 1 amide bonds. The highest BCUT2D eigenvalue weighted by atomic mass is 19.2. The van der Waals surface area contributed by atoms with Crippen LogP contribution in [-0.2, 0) is 16.1 Å². The summed E-state index contributed by atoms with van der Waals surface area (Å²) in [6.07, 6.45) is 1.10. The SMILES string of the molecule is O=C(COc1coc(CN2CCOCC2)cc1=O)Nc1cc(F)c(F)c(F)c1. The van der Waals surface area contributed by atoms with Crippen molar-refractivity contribution in [3.8, 4) is 5.75 Å². The first kappa shape index (κ1) is 19.9. The Hall–Kier alpha value is -2.85. The van der Waals surface area contributed by atoms with Crippen molar-refractivity contribution in [1.29, 1.82) is 0 Å². The van der Waals surface area contributed by atoms with Gasteiger partial charge < -0.3 is 19.2 Å². The number of amides is 1. The van der Waals surface area contributed by atoms with Crippen molar-refractivity contribution in [2.75, 3.05) is 38.2 Å². The van der Waals surface area contributed by atoms with Gasteiger partial charge in [-0.15, -0.1) is 0 Å². The molecule has 1 aliphatic rings. The molecule has 0 unspecified atom stereocenters. The lowest BCUT2D eigenvalue weighted by Crippen LogP contribution is -2.35. The quantitative estimate of drug-likeness (QED) is 0.749. The van der Waals surface area contributed by atoms with E-state index >= 15 is 0 Å². The van der Waals surface area contributed by atoms with Crippen molar-refractivity contribution in [3.05, 3.63) is 57.9 Å². The van der Waals surface area contributed by atoms with Crippen LogP contribution in [0.25, 0.3) is 0 Å². The lowest BCUT2D eigenvalue weighted by Gasteiger charge is -2.25. The fourth-order valence-electron chi connectivity index (χ4n) is 2.57. The number of benzene rings is 1. The third-order valence-corrected chi connectivity index (χ3v) is 3.96. The first-order chi connectivity index (χ1) is 13.4. The number of hydrogen-bond donors (Lipinski definition) is 1. The topological polar surface area (TPSA) is 81.0 Å². The Labute approximate surface area is 157 Å². The van der Waals surface area contributed by atoms with Gasteiger partial charge in [0.15, 0.2) is 24.1 Å². The van der Waals surface area contributed by atoms with Crippen molar-refractivity contribution >= 4 is 11.6 Å². The van der Waals surface area contributed by atoms with Gasteiger partial charge in [0.1, 0.15) is 12.0 Å². The molecule has 10 heteroatoms. The van der Waals surface area contributed by atoms with E-state index in [1.54, 1.807) is 0 Å². The van der Waals surface area contributed by atoms with Crippen LogP contribution in [0, 0.1) is 17.5 Å². The zero-order valence-corrected chi connectivity index (χ0v) is 14.7. The zero-order chi connectivity index (χ0) is 20.1. The molecule has 1 saturated heterocycles. The Morgan fingerprint density at radius 3 is 2.46 bits per heavy atom. The number of carbonyl (C=O) groups is 1. The van der Waals surface area contributed by atoms with Crippen molar-refractivity contribution in [1.82, 2.24) is 4.90 Å². The van der Waals surface area contributed by atoms with Gasteiger partial charge in [-0.1, -0.05) is 0 Å². The maximum atomic E-state index is 13.1. The van der Waals surface area contributed by atoms with Crippen LogP contribution in [0.1, 0.15) is 5.76 Å². The average molecular weight is 398 g/mol. The van der Waals surface area contributed by atoms with Crippen LogP contribution in [0.5, 0.6) is 5.75 Å². The van der Waals surface area contributed by atoms with Crippen molar-refractivity contribution in [3.63, 3.8) is 0 Å². The molecule has 0 saturated carbocycles. The molecule has 2 heterocycles. The minimum atomic E-state index is -1.64. The van der Waals surface area contributed by atoms with E-state index in [-0.39, 0.29) is 11.4 Å². The smallest absolute Gasteiger partial charge is 0.262 e. The first-order valence-corrected chi connectivity index (χ1v) is 8.41. The molecule has 150 valence electrons. The number of ether oxygens (including phenoxy) is 2. The molecule has 0 radical (unpaired) electrons. The predicted octanol–water partition coefficient (Wildman–Crippen LogP) is 1.91. The fraction of sp³-hybridized carbons (Fsp3) is 0.333. The monoisotopic (exact) mass is 398 g/mol. The van der Waals surface area contributed by atoms with Crippen molar-refractivity contribution in [2.45, 2.75) is 6.54 Å². The number of nitrogens with zero attached hydrogens (tertiary/aromatic N) is 1. The molecule has 1 fully saturated rings. The van der Waals surface area contributed by atoms with Gasteiger partial charge in [-0.25, -0.2) is 13.2 Å². The number of carbonyl (C=O) groups excluding carboxylic acids is 1. The van der Waals surface area contributed by atoms with Gasteiger partial charge in [-0.05, 0) is 0 Å². The highest BCUT2D eigenvalue weighted by Gasteiger charge is 2.15. The second-order valence-electron chi connectivity index (χ2n) is 6.05. The third kappa shape index (κ3) is 5.11. The van der Waals surface area contributed by atoms with Gasteiger partial charge in [-0.3, -0.25) is 14.5 Å². The second kappa shape index (κ2) is 8.89. The molecule has 28 heavy (non-hydrogen) atoms. The van der Waals surface area contributed by atoms with Crippen LogP contribution >= 0.6 is 0 Å². The summed E-state index contributed by atoms with van der Waals surface area (Å²) in [7, 11) is 0. The highest BCUT2D eigenvalue weighted by molar-refractivity contribution is 5.91.